The third-order valence-electron chi connectivity index (χ3n) is 1.53. The van der Waals surface area contributed by atoms with Crippen LogP contribution >= 0.6 is 0 Å². The second kappa shape index (κ2) is 4.24. The highest BCUT2D eigenvalue weighted by atomic mass is 19.1. The van der Waals surface area contributed by atoms with Gasteiger partial charge in [0.15, 0.2) is 0 Å². The molecule has 4 nitrogen and oxygen atoms in total. The summed E-state index contributed by atoms with van der Waals surface area (Å²) in [6.07, 6.45) is 0. The first-order valence-corrected chi connectivity index (χ1v) is 3.85. The molecule has 0 spiro atoms. The number of benzene rings is 1. The van der Waals surface area contributed by atoms with Gasteiger partial charge in [-0.15, -0.1) is 0 Å². The molecule has 0 saturated carbocycles. The smallest absolute Gasteiger partial charge is 0.337 e. The fourth-order valence-electron chi connectivity index (χ4n) is 0.931. The first-order valence-electron chi connectivity index (χ1n) is 3.85. The fraction of sp³-hybridized carbons (Fsp3) is 0. The third kappa shape index (κ3) is 2.81. The van der Waals surface area contributed by atoms with Gasteiger partial charge in [0.1, 0.15) is 5.82 Å². The third-order valence-corrected chi connectivity index (χ3v) is 1.53. The van der Waals surface area contributed by atoms with E-state index in [0.29, 0.717) is 0 Å². The normalized spacial score (nSPS) is 8.87. The molecule has 1 rings (SSSR count). The maximum atomic E-state index is 12.7. The summed E-state index contributed by atoms with van der Waals surface area (Å²) in [6, 6.07) is 3.06. The molecule has 1 aromatic carbocycles. The monoisotopic (exact) mass is 207 g/mol. The minimum Gasteiger partial charge on any atom is -0.478 e. The molecule has 0 bridgehead atoms. The molecule has 5 heteroatoms. The van der Waals surface area contributed by atoms with E-state index in [0.717, 1.165) is 12.1 Å². The van der Waals surface area contributed by atoms with E-state index in [1.807, 2.05) is 5.92 Å². The van der Waals surface area contributed by atoms with Gasteiger partial charge in [-0.1, -0.05) is 5.92 Å². The molecule has 0 aliphatic carbocycles. The van der Waals surface area contributed by atoms with Crippen LogP contribution in [0.1, 0.15) is 15.9 Å². The number of hydrogen-bond acceptors (Lipinski definition) is 2. The minimum absolute atomic E-state index is 0.0442. The standard InChI is InChI=1S/C10H6FNO3/c11-7-3-1-6(2-4-9(12)13)8(5-7)10(14)15/h1,3,5H,(H2,12,13)(H,14,15). The van der Waals surface area contributed by atoms with Crippen LogP contribution in [0.15, 0.2) is 18.2 Å². The van der Waals surface area contributed by atoms with Crippen molar-refractivity contribution in [1.82, 2.24) is 0 Å². The van der Waals surface area contributed by atoms with Gasteiger partial charge in [-0.25, -0.2) is 9.18 Å². The van der Waals surface area contributed by atoms with E-state index in [1.54, 1.807) is 0 Å². The number of carboxylic acid groups (broad SMARTS) is 1. The van der Waals surface area contributed by atoms with Crippen LogP contribution in [0.2, 0.25) is 0 Å². The van der Waals surface area contributed by atoms with Crippen LogP contribution in [0, 0.1) is 17.7 Å². The Balaban J connectivity index is 3.25. The Kier molecular flexibility index (Phi) is 3.03. The summed E-state index contributed by atoms with van der Waals surface area (Å²) in [5, 5.41) is 8.70. The lowest BCUT2D eigenvalue weighted by Crippen LogP contribution is -2.07. The van der Waals surface area contributed by atoms with Gasteiger partial charge in [-0.05, 0) is 18.2 Å². The van der Waals surface area contributed by atoms with Gasteiger partial charge in [0.25, 0.3) is 5.91 Å². The van der Waals surface area contributed by atoms with Gasteiger partial charge in [0, 0.05) is 11.5 Å². The highest BCUT2D eigenvalue weighted by Crippen LogP contribution is 2.10. The van der Waals surface area contributed by atoms with E-state index in [1.165, 1.54) is 6.07 Å². The van der Waals surface area contributed by atoms with Crippen LogP contribution in [-0.4, -0.2) is 17.0 Å². The molecule has 1 aromatic rings. The van der Waals surface area contributed by atoms with Crippen molar-refractivity contribution in [2.24, 2.45) is 5.73 Å². The maximum Gasteiger partial charge on any atom is 0.337 e. The Labute approximate surface area is 84.5 Å². The lowest BCUT2D eigenvalue weighted by molar-refractivity contribution is -0.112. The Bertz CT molecular complexity index is 485. The molecular formula is C10H6FNO3. The van der Waals surface area contributed by atoms with E-state index in [9.17, 15) is 14.0 Å². The van der Waals surface area contributed by atoms with Crippen LogP contribution in [0.3, 0.4) is 0 Å². The first-order chi connectivity index (χ1) is 7.00. The van der Waals surface area contributed by atoms with E-state index in [4.69, 9.17) is 10.8 Å². The number of carbonyl (C=O) groups is 2. The topological polar surface area (TPSA) is 80.4 Å². The number of halogens is 1. The zero-order valence-corrected chi connectivity index (χ0v) is 7.45. The summed E-state index contributed by atoms with van der Waals surface area (Å²) >= 11 is 0. The zero-order valence-electron chi connectivity index (χ0n) is 7.45. The SMILES string of the molecule is NC(=O)C#Cc1ccc(F)cc1C(=O)O. The molecule has 76 valence electrons. The molecule has 0 unspecified atom stereocenters. The molecule has 0 aliphatic heterocycles. The van der Waals surface area contributed by atoms with Gasteiger partial charge in [0.05, 0.1) is 5.56 Å². The summed E-state index contributed by atoms with van der Waals surface area (Å²) < 4.78 is 12.7. The molecule has 3 N–H and O–H groups in total. The molecule has 0 aromatic heterocycles. The fourth-order valence-corrected chi connectivity index (χ4v) is 0.931. The lowest BCUT2D eigenvalue weighted by atomic mass is 10.1. The van der Waals surface area contributed by atoms with Gasteiger partial charge in [-0.3, -0.25) is 4.79 Å². The van der Waals surface area contributed by atoms with Gasteiger partial charge >= 0.3 is 5.97 Å². The molecule has 0 heterocycles. The van der Waals surface area contributed by atoms with E-state index in [2.05, 4.69) is 5.92 Å². The van der Waals surface area contributed by atoms with Crippen molar-refractivity contribution < 1.29 is 19.1 Å². The number of carboxylic acids is 1. The largest absolute Gasteiger partial charge is 0.478 e. The molecule has 0 saturated heterocycles. The molecule has 1 amide bonds. The highest BCUT2D eigenvalue weighted by molar-refractivity contribution is 5.95. The van der Waals surface area contributed by atoms with Gasteiger partial charge < -0.3 is 10.8 Å². The molecule has 0 atom stereocenters. The summed E-state index contributed by atoms with van der Waals surface area (Å²) in [6.45, 7) is 0. The number of hydrogen-bond donors (Lipinski definition) is 2. The Morgan fingerprint density at radius 2 is 2.07 bits per heavy atom. The molecule has 15 heavy (non-hydrogen) atoms. The Morgan fingerprint density at radius 3 is 2.60 bits per heavy atom. The van der Waals surface area contributed by atoms with Crippen LogP contribution in [0.4, 0.5) is 4.39 Å². The number of aromatic carboxylic acids is 1. The quantitative estimate of drug-likeness (QED) is 0.652. The van der Waals surface area contributed by atoms with Gasteiger partial charge in [0.2, 0.25) is 0 Å². The van der Waals surface area contributed by atoms with Gasteiger partial charge in [-0.2, -0.15) is 0 Å². The van der Waals surface area contributed by atoms with Crippen LogP contribution in [0.25, 0.3) is 0 Å². The van der Waals surface area contributed by atoms with Crippen molar-refractivity contribution in [3.05, 3.63) is 35.1 Å². The summed E-state index contributed by atoms with van der Waals surface area (Å²) in [4.78, 5) is 21.0. The number of nitrogens with two attached hydrogens (primary N) is 1. The van der Waals surface area contributed by atoms with Crippen molar-refractivity contribution in [3.63, 3.8) is 0 Å². The van der Waals surface area contributed by atoms with E-state index >= 15 is 0 Å². The Morgan fingerprint density at radius 1 is 1.40 bits per heavy atom. The molecule has 0 fully saturated rings. The summed E-state index contributed by atoms with van der Waals surface area (Å²) in [7, 11) is 0. The number of amides is 1. The predicted octanol–water partition coefficient (Wildman–Crippen LogP) is 0.361. The van der Waals surface area contributed by atoms with Crippen molar-refractivity contribution in [2.45, 2.75) is 0 Å². The number of rotatable bonds is 1. The Hall–Kier alpha value is -2.35. The number of carbonyl (C=O) groups excluding carboxylic acids is 1. The van der Waals surface area contributed by atoms with E-state index < -0.39 is 17.7 Å². The molecule has 0 radical (unpaired) electrons. The lowest BCUT2D eigenvalue weighted by Gasteiger charge is -1.98. The van der Waals surface area contributed by atoms with Crippen LogP contribution < -0.4 is 5.73 Å². The second-order valence-electron chi connectivity index (χ2n) is 2.61. The van der Waals surface area contributed by atoms with Crippen molar-refractivity contribution in [2.75, 3.05) is 0 Å². The predicted molar refractivity (Wildman–Crippen MR) is 49.4 cm³/mol. The first kappa shape index (κ1) is 10.7. The minimum atomic E-state index is -1.32. The summed E-state index contributed by atoms with van der Waals surface area (Å²) in [5.74, 6) is 1.35. The average Bonchev–Trinajstić information content (AvgIpc) is 2.15. The second-order valence-corrected chi connectivity index (χ2v) is 2.61. The van der Waals surface area contributed by atoms with E-state index in [-0.39, 0.29) is 11.1 Å². The molecule has 0 aliphatic rings. The van der Waals surface area contributed by atoms with Crippen LogP contribution in [-0.2, 0) is 4.79 Å². The molecular weight excluding hydrogens is 201 g/mol. The van der Waals surface area contributed by atoms with Crippen molar-refractivity contribution >= 4 is 11.9 Å². The van der Waals surface area contributed by atoms with Crippen LogP contribution in [0.5, 0.6) is 0 Å². The van der Waals surface area contributed by atoms with Crippen molar-refractivity contribution in [1.29, 1.82) is 0 Å². The average molecular weight is 207 g/mol. The van der Waals surface area contributed by atoms with Crippen molar-refractivity contribution in [3.8, 4) is 11.8 Å². The highest BCUT2D eigenvalue weighted by Gasteiger charge is 2.09. The summed E-state index contributed by atoms with van der Waals surface area (Å²) in [5.41, 5.74) is 4.50. The number of primary amides is 1. The zero-order chi connectivity index (χ0) is 11.4. The maximum absolute atomic E-state index is 12.7.